The maximum Gasteiger partial charge on any atom is 0.303 e. The van der Waals surface area contributed by atoms with E-state index in [1.54, 1.807) is 31.4 Å². The zero-order valence-corrected chi connectivity index (χ0v) is 12.4. The molecule has 0 spiro atoms. The molecule has 0 bridgehead atoms. The minimum atomic E-state index is -0.805. The minimum absolute atomic E-state index is 0.0875. The molecule has 1 aromatic rings. The molecule has 5 nitrogen and oxygen atoms in total. The standard InChI is InChI=1S/C14H19NO4S/c1-10(20-9-3-4-13(16)17)14(18)15-11-5-7-12(19-2)8-6-11/h5-8,10H,3-4,9H2,1-2H3,(H,15,18)(H,16,17). The summed E-state index contributed by atoms with van der Waals surface area (Å²) in [5.74, 6) is 0.499. The first-order valence-corrected chi connectivity index (χ1v) is 7.36. The number of nitrogens with one attached hydrogen (secondary N) is 1. The van der Waals surface area contributed by atoms with Gasteiger partial charge in [-0.3, -0.25) is 9.59 Å². The van der Waals surface area contributed by atoms with Crippen LogP contribution in [0, 0.1) is 0 Å². The van der Waals surface area contributed by atoms with E-state index in [-0.39, 0.29) is 17.6 Å². The van der Waals surface area contributed by atoms with Crippen LogP contribution in [0.15, 0.2) is 24.3 Å². The Hall–Kier alpha value is -1.69. The van der Waals surface area contributed by atoms with E-state index in [0.717, 1.165) is 5.75 Å². The summed E-state index contributed by atoms with van der Waals surface area (Å²) in [6.07, 6.45) is 0.708. The van der Waals surface area contributed by atoms with E-state index in [0.29, 0.717) is 17.9 Å². The van der Waals surface area contributed by atoms with Crippen molar-refractivity contribution in [2.45, 2.75) is 25.0 Å². The van der Waals surface area contributed by atoms with Crippen LogP contribution < -0.4 is 10.1 Å². The van der Waals surface area contributed by atoms with Crippen molar-refractivity contribution in [1.82, 2.24) is 0 Å². The third kappa shape index (κ3) is 5.97. The number of carbonyl (C=O) groups is 2. The van der Waals surface area contributed by atoms with Crippen LogP contribution in [0.4, 0.5) is 5.69 Å². The van der Waals surface area contributed by atoms with E-state index in [1.165, 1.54) is 11.8 Å². The molecule has 1 unspecified atom stereocenters. The molecular formula is C14H19NO4S. The fraction of sp³-hybridized carbons (Fsp3) is 0.429. The van der Waals surface area contributed by atoms with Crippen molar-refractivity contribution < 1.29 is 19.4 Å². The lowest BCUT2D eigenvalue weighted by atomic mass is 10.3. The van der Waals surface area contributed by atoms with Crippen molar-refractivity contribution in [2.75, 3.05) is 18.2 Å². The molecule has 0 saturated heterocycles. The first-order valence-electron chi connectivity index (χ1n) is 6.31. The van der Waals surface area contributed by atoms with Gasteiger partial charge in [-0.15, -0.1) is 11.8 Å². The van der Waals surface area contributed by atoms with Crippen LogP contribution in [0.1, 0.15) is 19.8 Å². The van der Waals surface area contributed by atoms with Crippen LogP contribution in [-0.4, -0.2) is 35.1 Å². The predicted octanol–water partition coefficient (Wildman–Crippen LogP) is 2.62. The Kier molecular flexibility index (Phi) is 6.93. The lowest BCUT2D eigenvalue weighted by molar-refractivity contribution is -0.137. The average molecular weight is 297 g/mol. The summed E-state index contributed by atoms with van der Waals surface area (Å²) < 4.78 is 5.04. The smallest absolute Gasteiger partial charge is 0.303 e. The molecule has 6 heteroatoms. The average Bonchev–Trinajstić information content (AvgIpc) is 2.44. The summed E-state index contributed by atoms with van der Waals surface area (Å²) in [5, 5.41) is 11.1. The number of hydrogen-bond acceptors (Lipinski definition) is 4. The summed E-state index contributed by atoms with van der Waals surface area (Å²) in [7, 11) is 1.59. The topological polar surface area (TPSA) is 75.6 Å². The fourth-order valence-corrected chi connectivity index (χ4v) is 2.35. The molecule has 1 atom stereocenters. The first kappa shape index (κ1) is 16.4. The van der Waals surface area contributed by atoms with E-state index < -0.39 is 5.97 Å². The number of aliphatic carboxylic acids is 1. The molecule has 0 heterocycles. The maximum atomic E-state index is 11.9. The highest BCUT2D eigenvalue weighted by atomic mass is 32.2. The van der Waals surface area contributed by atoms with Crippen molar-refractivity contribution in [1.29, 1.82) is 0 Å². The molecule has 1 rings (SSSR count). The highest BCUT2D eigenvalue weighted by Gasteiger charge is 2.13. The Morgan fingerprint density at radius 2 is 2.00 bits per heavy atom. The van der Waals surface area contributed by atoms with Crippen LogP contribution in [-0.2, 0) is 9.59 Å². The number of thioether (sulfide) groups is 1. The molecule has 2 N–H and O–H groups in total. The van der Waals surface area contributed by atoms with Gasteiger partial charge in [-0.05, 0) is 43.4 Å². The van der Waals surface area contributed by atoms with Gasteiger partial charge in [0.15, 0.2) is 0 Å². The highest BCUT2D eigenvalue weighted by Crippen LogP contribution is 2.18. The van der Waals surface area contributed by atoms with E-state index in [9.17, 15) is 9.59 Å². The molecule has 20 heavy (non-hydrogen) atoms. The van der Waals surface area contributed by atoms with Crippen LogP contribution >= 0.6 is 11.8 Å². The molecule has 0 saturated carbocycles. The second kappa shape index (κ2) is 8.47. The van der Waals surface area contributed by atoms with Crippen LogP contribution in [0.3, 0.4) is 0 Å². The zero-order chi connectivity index (χ0) is 15.0. The summed E-state index contributed by atoms with van der Waals surface area (Å²) >= 11 is 1.45. The fourth-order valence-electron chi connectivity index (χ4n) is 1.48. The van der Waals surface area contributed by atoms with Gasteiger partial charge in [0.1, 0.15) is 5.75 Å². The summed E-state index contributed by atoms with van der Waals surface area (Å²) in [6, 6.07) is 7.11. The van der Waals surface area contributed by atoms with Gasteiger partial charge < -0.3 is 15.2 Å². The van der Waals surface area contributed by atoms with Crippen molar-refractivity contribution in [3.8, 4) is 5.75 Å². The van der Waals surface area contributed by atoms with Crippen molar-refractivity contribution in [2.24, 2.45) is 0 Å². The van der Waals surface area contributed by atoms with Gasteiger partial charge in [0, 0.05) is 12.1 Å². The highest BCUT2D eigenvalue weighted by molar-refractivity contribution is 8.00. The number of amides is 1. The van der Waals surface area contributed by atoms with Crippen LogP contribution in [0.2, 0.25) is 0 Å². The number of anilines is 1. The number of hydrogen-bond donors (Lipinski definition) is 2. The largest absolute Gasteiger partial charge is 0.497 e. The van der Waals surface area contributed by atoms with E-state index in [2.05, 4.69) is 5.32 Å². The number of carboxylic acids is 1. The third-order valence-corrected chi connectivity index (χ3v) is 3.87. The second-order valence-corrected chi connectivity index (χ2v) is 5.68. The van der Waals surface area contributed by atoms with Crippen molar-refractivity contribution >= 4 is 29.3 Å². The lowest BCUT2D eigenvalue weighted by Gasteiger charge is -2.12. The normalized spacial score (nSPS) is 11.7. The van der Waals surface area contributed by atoms with Gasteiger partial charge in [0.25, 0.3) is 0 Å². The molecule has 0 fully saturated rings. The van der Waals surface area contributed by atoms with Crippen molar-refractivity contribution in [3.63, 3.8) is 0 Å². The van der Waals surface area contributed by atoms with E-state index in [4.69, 9.17) is 9.84 Å². The Balaban J connectivity index is 2.34. The van der Waals surface area contributed by atoms with Crippen LogP contribution in [0.25, 0.3) is 0 Å². The number of methoxy groups -OCH3 is 1. The third-order valence-electron chi connectivity index (χ3n) is 2.63. The Labute approximate surface area is 122 Å². The molecular weight excluding hydrogens is 278 g/mol. The number of ether oxygens (including phenoxy) is 1. The molecule has 1 amide bonds. The van der Waals surface area contributed by atoms with Gasteiger partial charge in [0.2, 0.25) is 5.91 Å². The number of benzene rings is 1. The summed E-state index contributed by atoms with van der Waals surface area (Å²) in [4.78, 5) is 22.3. The van der Waals surface area contributed by atoms with E-state index >= 15 is 0 Å². The zero-order valence-electron chi connectivity index (χ0n) is 11.6. The molecule has 1 aromatic carbocycles. The Morgan fingerprint density at radius 3 is 2.55 bits per heavy atom. The van der Waals surface area contributed by atoms with E-state index in [1.807, 2.05) is 6.92 Å². The van der Waals surface area contributed by atoms with Gasteiger partial charge in [-0.1, -0.05) is 0 Å². The Bertz CT molecular complexity index is 447. The minimum Gasteiger partial charge on any atom is -0.497 e. The second-order valence-electron chi connectivity index (χ2n) is 4.23. The van der Waals surface area contributed by atoms with Crippen LogP contribution in [0.5, 0.6) is 5.75 Å². The molecule has 0 aliphatic carbocycles. The van der Waals surface area contributed by atoms with Crippen molar-refractivity contribution in [3.05, 3.63) is 24.3 Å². The van der Waals surface area contributed by atoms with Gasteiger partial charge >= 0.3 is 5.97 Å². The van der Waals surface area contributed by atoms with Gasteiger partial charge in [-0.25, -0.2) is 0 Å². The molecule has 0 aromatic heterocycles. The number of rotatable bonds is 8. The number of carboxylic acid groups (broad SMARTS) is 1. The number of carbonyl (C=O) groups excluding carboxylic acids is 1. The molecule has 0 aliphatic heterocycles. The predicted molar refractivity (Wildman–Crippen MR) is 80.4 cm³/mol. The summed E-state index contributed by atoms with van der Waals surface area (Å²) in [5.41, 5.74) is 0.716. The van der Waals surface area contributed by atoms with Gasteiger partial charge in [-0.2, -0.15) is 0 Å². The molecule has 0 aliphatic rings. The monoisotopic (exact) mass is 297 g/mol. The maximum absolute atomic E-state index is 11.9. The molecule has 110 valence electrons. The quantitative estimate of drug-likeness (QED) is 0.721. The SMILES string of the molecule is COc1ccc(NC(=O)C(C)SCCCC(=O)O)cc1. The first-order chi connectivity index (χ1) is 9.52. The Morgan fingerprint density at radius 1 is 1.35 bits per heavy atom. The lowest BCUT2D eigenvalue weighted by Crippen LogP contribution is -2.22. The molecule has 0 radical (unpaired) electrons. The van der Waals surface area contributed by atoms with Gasteiger partial charge in [0.05, 0.1) is 12.4 Å². The summed E-state index contributed by atoms with van der Waals surface area (Å²) in [6.45, 7) is 1.81.